The molecule has 1 aliphatic rings. The van der Waals surface area contributed by atoms with Crippen LogP contribution >= 0.6 is 15.9 Å². The first kappa shape index (κ1) is 11.4. The molecule has 1 aliphatic carbocycles. The molecule has 86 valence electrons. The van der Waals surface area contributed by atoms with Crippen molar-refractivity contribution in [1.29, 1.82) is 0 Å². The average Bonchev–Trinajstić information content (AvgIpc) is 3.05. The lowest BCUT2D eigenvalue weighted by Gasteiger charge is -2.15. The Bertz CT molecular complexity index is 393. The minimum absolute atomic E-state index is 0.0278. The zero-order chi connectivity index (χ0) is 11.5. The maximum Gasteiger partial charge on any atom is 0.242 e. The molecule has 0 aliphatic heterocycles. The molecule has 0 aromatic carbocycles. The quantitative estimate of drug-likeness (QED) is 0.888. The van der Waals surface area contributed by atoms with Gasteiger partial charge in [-0.05, 0) is 47.8 Å². The summed E-state index contributed by atoms with van der Waals surface area (Å²) >= 11 is 3.38. The Hall–Kier alpha value is -1.10. The summed E-state index contributed by atoms with van der Waals surface area (Å²) < 4.78 is 0.862. The molecule has 0 saturated heterocycles. The van der Waals surface area contributed by atoms with Crippen LogP contribution in [-0.4, -0.2) is 23.0 Å². The number of hydrogen-bond acceptors (Lipinski definition) is 3. The fourth-order valence-electron chi connectivity index (χ4n) is 1.32. The molecular weight excluding hydrogens is 270 g/mol. The topological polar surface area (TPSA) is 54.0 Å². The summed E-state index contributed by atoms with van der Waals surface area (Å²) in [7, 11) is 0. The van der Waals surface area contributed by atoms with Crippen molar-refractivity contribution in [3.05, 3.63) is 22.8 Å². The van der Waals surface area contributed by atoms with Gasteiger partial charge in [-0.15, -0.1) is 0 Å². The summed E-state index contributed by atoms with van der Waals surface area (Å²) in [6.45, 7) is 1.83. The van der Waals surface area contributed by atoms with Gasteiger partial charge in [0, 0.05) is 12.2 Å². The third-order valence-electron chi connectivity index (χ3n) is 2.43. The SMILES string of the molecule is CC(Nc1ncccc1Br)C(=O)NC1CC1. The van der Waals surface area contributed by atoms with Gasteiger partial charge < -0.3 is 10.6 Å². The van der Waals surface area contributed by atoms with Gasteiger partial charge >= 0.3 is 0 Å². The van der Waals surface area contributed by atoms with Crippen molar-refractivity contribution in [3.8, 4) is 0 Å². The van der Waals surface area contributed by atoms with Crippen molar-refractivity contribution in [3.63, 3.8) is 0 Å². The highest BCUT2D eigenvalue weighted by Gasteiger charge is 2.25. The summed E-state index contributed by atoms with van der Waals surface area (Å²) in [6, 6.07) is 3.85. The molecule has 1 heterocycles. The summed E-state index contributed by atoms with van der Waals surface area (Å²) in [5, 5.41) is 6.02. The van der Waals surface area contributed by atoms with E-state index >= 15 is 0 Å². The Morgan fingerprint density at radius 2 is 2.38 bits per heavy atom. The number of halogens is 1. The van der Waals surface area contributed by atoms with Gasteiger partial charge in [-0.2, -0.15) is 0 Å². The Labute approximate surface area is 103 Å². The lowest BCUT2D eigenvalue weighted by Crippen LogP contribution is -2.38. The molecule has 1 amide bonds. The number of nitrogens with zero attached hydrogens (tertiary/aromatic N) is 1. The van der Waals surface area contributed by atoms with E-state index in [9.17, 15) is 4.79 Å². The van der Waals surface area contributed by atoms with Crippen LogP contribution in [0.3, 0.4) is 0 Å². The molecule has 4 nitrogen and oxygen atoms in total. The van der Waals surface area contributed by atoms with E-state index < -0.39 is 0 Å². The van der Waals surface area contributed by atoms with E-state index in [1.165, 1.54) is 0 Å². The molecular formula is C11H14BrN3O. The number of aromatic nitrogens is 1. The number of hydrogen-bond donors (Lipinski definition) is 2. The van der Waals surface area contributed by atoms with E-state index in [0.717, 1.165) is 17.3 Å². The van der Waals surface area contributed by atoms with Gasteiger partial charge in [0.05, 0.1) is 4.47 Å². The third-order valence-corrected chi connectivity index (χ3v) is 3.07. The van der Waals surface area contributed by atoms with Crippen LogP contribution in [0, 0.1) is 0 Å². The lowest BCUT2D eigenvalue weighted by molar-refractivity contribution is -0.121. The number of carbonyl (C=O) groups is 1. The van der Waals surface area contributed by atoms with E-state index in [1.54, 1.807) is 6.20 Å². The molecule has 0 radical (unpaired) electrons. The number of nitrogens with one attached hydrogen (secondary N) is 2. The van der Waals surface area contributed by atoms with E-state index in [2.05, 4.69) is 31.5 Å². The van der Waals surface area contributed by atoms with Crippen LogP contribution in [-0.2, 0) is 4.79 Å². The molecule has 0 spiro atoms. The van der Waals surface area contributed by atoms with Crippen LogP contribution in [0.2, 0.25) is 0 Å². The highest BCUT2D eigenvalue weighted by molar-refractivity contribution is 9.10. The van der Waals surface area contributed by atoms with Crippen LogP contribution in [0.4, 0.5) is 5.82 Å². The first-order valence-corrected chi connectivity index (χ1v) is 6.13. The third kappa shape index (κ3) is 2.95. The van der Waals surface area contributed by atoms with Gasteiger partial charge in [0.2, 0.25) is 5.91 Å². The molecule has 1 atom stereocenters. The number of pyridine rings is 1. The normalized spacial score (nSPS) is 16.6. The monoisotopic (exact) mass is 283 g/mol. The Morgan fingerprint density at radius 1 is 1.62 bits per heavy atom. The van der Waals surface area contributed by atoms with Crippen molar-refractivity contribution >= 4 is 27.7 Å². The number of carbonyl (C=O) groups excluding carboxylic acids is 1. The van der Waals surface area contributed by atoms with Crippen molar-refractivity contribution in [2.24, 2.45) is 0 Å². The second kappa shape index (κ2) is 4.82. The van der Waals surface area contributed by atoms with E-state index in [-0.39, 0.29) is 11.9 Å². The number of amides is 1. The molecule has 5 heteroatoms. The molecule has 1 fully saturated rings. The number of rotatable bonds is 4. The highest BCUT2D eigenvalue weighted by atomic mass is 79.9. The first-order chi connectivity index (χ1) is 7.66. The fourth-order valence-corrected chi connectivity index (χ4v) is 1.69. The van der Waals surface area contributed by atoms with Crippen LogP contribution in [0.1, 0.15) is 19.8 Å². The van der Waals surface area contributed by atoms with Gasteiger partial charge in [-0.25, -0.2) is 4.98 Å². The van der Waals surface area contributed by atoms with Crippen LogP contribution in [0.5, 0.6) is 0 Å². The van der Waals surface area contributed by atoms with Crippen molar-refractivity contribution < 1.29 is 4.79 Å². The summed E-state index contributed by atoms with van der Waals surface area (Å²) in [5.41, 5.74) is 0. The maximum absolute atomic E-state index is 11.7. The van der Waals surface area contributed by atoms with Crippen LogP contribution in [0.25, 0.3) is 0 Å². The standard InChI is InChI=1S/C11H14BrN3O/c1-7(11(16)15-8-4-5-8)14-10-9(12)3-2-6-13-10/h2-3,6-8H,4-5H2,1H3,(H,13,14)(H,15,16). The van der Waals surface area contributed by atoms with Crippen LogP contribution < -0.4 is 10.6 Å². The second-order valence-corrected chi connectivity index (χ2v) is 4.84. The van der Waals surface area contributed by atoms with E-state index in [1.807, 2.05) is 19.1 Å². The molecule has 2 N–H and O–H groups in total. The average molecular weight is 284 g/mol. The Morgan fingerprint density at radius 3 is 3.00 bits per heavy atom. The Kier molecular flexibility index (Phi) is 3.43. The predicted molar refractivity (Wildman–Crippen MR) is 66.2 cm³/mol. The van der Waals surface area contributed by atoms with Gasteiger partial charge in [0.1, 0.15) is 11.9 Å². The number of anilines is 1. The van der Waals surface area contributed by atoms with Crippen molar-refractivity contribution in [1.82, 2.24) is 10.3 Å². The van der Waals surface area contributed by atoms with Gasteiger partial charge in [-0.3, -0.25) is 4.79 Å². The van der Waals surface area contributed by atoms with Crippen molar-refractivity contribution in [2.45, 2.75) is 31.8 Å². The highest BCUT2D eigenvalue weighted by Crippen LogP contribution is 2.20. The first-order valence-electron chi connectivity index (χ1n) is 5.34. The van der Waals surface area contributed by atoms with E-state index in [0.29, 0.717) is 11.9 Å². The van der Waals surface area contributed by atoms with Gasteiger partial charge in [0.25, 0.3) is 0 Å². The summed E-state index contributed by atoms with van der Waals surface area (Å²) in [5.74, 6) is 0.723. The molecule has 1 saturated carbocycles. The maximum atomic E-state index is 11.7. The van der Waals surface area contributed by atoms with Gasteiger partial charge in [0.15, 0.2) is 0 Å². The molecule has 16 heavy (non-hydrogen) atoms. The smallest absolute Gasteiger partial charge is 0.242 e. The molecule has 1 aromatic rings. The molecule has 1 aromatic heterocycles. The molecule has 2 rings (SSSR count). The lowest BCUT2D eigenvalue weighted by atomic mass is 10.3. The van der Waals surface area contributed by atoms with Gasteiger partial charge in [-0.1, -0.05) is 0 Å². The fraction of sp³-hybridized carbons (Fsp3) is 0.455. The molecule has 0 bridgehead atoms. The second-order valence-electron chi connectivity index (χ2n) is 3.98. The minimum atomic E-state index is -0.271. The zero-order valence-corrected chi connectivity index (χ0v) is 10.6. The molecule has 1 unspecified atom stereocenters. The van der Waals surface area contributed by atoms with E-state index in [4.69, 9.17) is 0 Å². The summed E-state index contributed by atoms with van der Waals surface area (Å²) in [6.07, 6.45) is 3.90. The van der Waals surface area contributed by atoms with Crippen LogP contribution in [0.15, 0.2) is 22.8 Å². The summed E-state index contributed by atoms with van der Waals surface area (Å²) in [4.78, 5) is 15.8. The van der Waals surface area contributed by atoms with Crippen molar-refractivity contribution in [2.75, 3.05) is 5.32 Å². The predicted octanol–water partition coefficient (Wildman–Crippen LogP) is 1.92. The minimum Gasteiger partial charge on any atom is -0.358 e. The largest absolute Gasteiger partial charge is 0.358 e. The zero-order valence-electron chi connectivity index (χ0n) is 9.03. The Balaban J connectivity index is 1.92.